The Morgan fingerprint density at radius 3 is 2.12 bits per heavy atom. The van der Waals surface area contributed by atoms with Crippen molar-refractivity contribution in [2.75, 3.05) is 33.7 Å². The maximum absolute atomic E-state index is 13.0. The van der Waals surface area contributed by atoms with Gasteiger partial charge in [0.05, 0.1) is 22.8 Å². The largest absolute Gasteiger partial charge is 0.416 e. The van der Waals surface area contributed by atoms with Crippen molar-refractivity contribution < 1.29 is 13.2 Å². The zero-order valence-electron chi connectivity index (χ0n) is 29.1. The van der Waals surface area contributed by atoms with E-state index >= 15 is 0 Å². The van der Waals surface area contributed by atoms with Crippen LogP contribution >= 0.6 is 11.8 Å². The highest BCUT2D eigenvalue weighted by molar-refractivity contribution is 8.02. The molecule has 0 aliphatic rings. The molecule has 0 saturated heterocycles. The Morgan fingerprint density at radius 1 is 0.939 bits per heavy atom. The van der Waals surface area contributed by atoms with Gasteiger partial charge in [0.1, 0.15) is 0 Å². The number of nitrogens with two attached hydrogens (primary N) is 1. The minimum absolute atomic E-state index is 0.421. The molecule has 3 aromatic rings. The lowest BCUT2D eigenvalue weighted by molar-refractivity contribution is -0.137. The molecule has 0 amide bonds. The quantitative estimate of drug-likeness (QED) is 0.135. The van der Waals surface area contributed by atoms with Crippen LogP contribution < -0.4 is 5.73 Å². The normalized spacial score (nSPS) is 12.0. The molecule has 0 atom stereocenters. The van der Waals surface area contributed by atoms with Gasteiger partial charge in [-0.2, -0.15) is 13.2 Å². The van der Waals surface area contributed by atoms with E-state index < -0.39 is 11.7 Å². The highest BCUT2D eigenvalue weighted by Crippen LogP contribution is 2.31. The average Bonchev–Trinajstić information content (AvgIpc) is 3.06. The summed E-state index contributed by atoms with van der Waals surface area (Å²) < 4.78 is 39.0. The van der Waals surface area contributed by atoms with Crippen LogP contribution in [0, 0.1) is 6.92 Å². The summed E-state index contributed by atoms with van der Waals surface area (Å²) in [6, 6.07) is 17.3. The second-order valence-corrected chi connectivity index (χ2v) is 13.2. The van der Waals surface area contributed by atoms with Crippen LogP contribution in [0.3, 0.4) is 0 Å². The maximum atomic E-state index is 13.0. The fourth-order valence-electron chi connectivity index (χ4n) is 4.90. The number of benzene rings is 2. The molecule has 260 valence electrons. The van der Waals surface area contributed by atoms with Crippen molar-refractivity contribution in [3.8, 4) is 11.3 Å². The van der Waals surface area contributed by atoms with E-state index in [1.54, 1.807) is 18.0 Å². The first-order valence-electron chi connectivity index (χ1n) is 16.0. The first-order valence-corrected chi connectivity index (χ1v) is 16.9. The standard InChI is InChI=1S/C40H48F3N5S/c1-9-33(25-46(7)8)22-37(29(2)3)27-48(32(6)49-28-34-12-10-30(4)11-13-34)24-31(5)47(21-20-44)26-35-14-19-39(45-23-35)36-15-17-38(18-16-36)40(41,42)43/h9-19,23,25,27H,1-2,5-6,20-22,24,26,28,44H2,3-4,7-8H3/b33-25+,37-27-. The van der Waals surface area contributed by atoms with Crippen LogP contribution in [0.4, 0.5) is 13.2 Å². The summed E-state index contributed by atoms with van der Waals surface area (Å²) in [6.45, 7) is 23.2. The van der Waals surface area contributed by atoms with Gasteiger partial charge in [-0.15, -0.1) is 11.8 Å². The number of alkyl halides is 3. The lowest BCUT2D eigenvalue weighted by Gasteiger charge is -2.32. The van der Waals surface area contributed by atoms with E-state index in [0.29, 0.717) is 43.9 Å². The molecule has 0 fully saturated rings. The third kappa shape index (κ3) is 12.5. The van der Waals surface area contributed by atoms with Gasteiger partial charge in [0.15, 0.2) is 0 Å². The number of halogens is 3. The monoisotopic (exact) mass is 687 g/mol. The molecule has 2 aromatic carbocycles. The number of hydrogen-bond donors (Lipinski definition) is 1. The Labute approximate surface area is 294 Å². The van der Waals surface area contributed by atoms with Gasteiger partial charge in [0, 0.05) is 75.8 Å². The van der Waals surface area contributed by atoms with Crippen molar-refractivity contribution in [1.82, 2.24) is 19.7 Å². The Hall–Kier alpha value is -4.47. The SMILES string of the molecule is C=C/C(=C\N(C)C)C/C(=C/N(CC(=C)N(CCN)Cc1ccc(-c2ccc(C(F)(F)F)cc2)nc1)C(=C)SCc1ccc(C)cc1)C(=C)C. The van der Waals surface area contributed by atoms with Crippen LogP contribution in [0.15, 0.2) is 139 Å². The molecule has 0 saturated carbocycles. The van der Waals surface area contributed by atoms with Crippen molar-refractivity contribution in [3.63, 3.8) is 0 Å². The molecule has 3 rings (SSSR count). The number of rotatable bonds is 18. The molecule has 0 unspecified atom stereocenters. The van der Waals surface area contributed by atoms with Crippen LogP contribution in [-0.2, 0) is 18.5 Å². The lowest BCUT2D eigenvalue weighted by atomic mass is 10.0. The van der Waals surface area contributed by atoms with E-state index in [1.165, 1.54) is 23.3 Å². The van der Waals surface area contributed by atoms with Gasteiger partial charge in [-0.05, 0) is 54.3 Å². The second-order valence-electron chi connectivity index (χ2n) is 12.2. The Bertz CT molecular complexity index is 1640. The van der Waals surface area contributed by atoms with Crippen LogP contribution in [0.1, 0.15) is 35.6 Å². The topological polar surface area (TPSA) is 48.6 Å². The molecular weight excluding hydrogens is 640 g/mol. The third-order valence-corrected chi connectivity index (χ3v) is 8.74. The molecule has 0 spiro atoms. The van der Waals surface area contributed by atoms with Crippen LogP contribution in [0.25, 0.3) is 11.3 Å². The first-order chi connectivity index (χ1) is 23.2. The molecule has 0 aliphatic heterocycles. The predicted octanol–water partition coefficient (Wildman–Crippen LogP) is 9.54. The van der Waals surface area contributed by atoms with Gasteiger partial charge in [-0.3, -0.25) is 4.98 Å². The highest BCUT2D eigenvalue weighted by Gasteiger charge is 2.30. The fourth-order valence-corrected chi connectivity index (χ4v) is 5.71. The van der Waals surface area contributed by atoms with Crippen molar-refractivity contribution in [3.05, 3.63) is 161 Å². The number of aryl methyl sites for hydroxylation is 1. The van der Waals surface area contributed by atoms with E-state index in [2.05, 4.69) is 78.5 Å². The minimum Gasteiger partial charge on any atom is -0.383 e. The molecule has 5 nitrogen and oxygen atoms in total. The van der Waals surface area contributed by atoms with Crippen molar-refractivity contribution >= 4 is 11.8 Å². The zero-order valence-corrected chi connectivity index (χ0v) is 29.9. The van der Waals surface area contributed by atoms with Crippen molar-refractivity contribution in [1.29, 1.82) is 0 Å². The molecular formula is C40H48F3N5S. The number of nitrogens with zero attached hydrogens (tertiary/aromatic N) is 4. The minimum atomic E-state index is -4.38. The Balaban J connectivity index is 1.85. The maximum Gasteiger partial charge on any atom is 0.416 e. The molecule has 0 radical (unpaired) electrons. The van der Waals surface area contributed by atoms with Crippen LogP contribution in [-0.4, -0.2) is 53.4 Å². The number of aromatic nitrogens is 1. The molecule has 2 N–H and O–H groups in total. The van der Waals surface area contributed by atoms with Gasteiger partial charge < -0.3 is 20.4 Å². The number of hydrogen-bond acceptors (Lipinski definition) is 6. The van der Waals surface area contributed by atoms with Gasteiger partial charge >= 0.3 is 6.18 Å². The molecule has 1 heterocycles. The summed E-state index contributed by atoms with van der Waals surface area (Å²) in [7, 11) is 3.97. The number of allylic oxidation sites excluding steroid dienone is 4. The number of pyridine rings is 1. The van der Waals surface area contributed by atoms with E-state index in [0.717, 1.165) is 50.9 Å². The smallest absolute Gasteiger partial charge is 0.383 e. The predicted molar refractivity (Wildman–Crippen MR) is 201 cm³/mol. The summed E-state index contributed by atoms with van der Waals surface area (Å²) in [5, 5.41) is 0.868. The van der Waals surface area contributed by atoms with E-state index in [1.807, 2.05) is 50.3 Å². The number of thioether (sulfide) groups is 1. The summed E-state index contributed by atoms with van der Waals surface area (Å²) in [5.74, 6) is 0.764. The van der Waals surface area contributed by atoms with E-state index in [-0.39, 0.29) is 0 Å². The van der Waals surface area contributed by atoms with Crippen LogP contribution in [0.5, 0.6) is 0 Å². The lowest BCUT2D eigenvalue weighted by Crippen LogP contribution is -2.33. The van der Waals surface area contributed by atoms with Crippen LogP contribution in [0.2, 0.25) is 0 Å². The highest BCUT2D eigenvalue weighted by atomic mass is 32.2. The Kier molecular flexibility index (Phi) is 14.6. The summed E-state index contributed by atoms with van der Waals surface area (Å²) in [4.78, 5) is 10.8. The molecule has 9 heteroatoms. The summed E-state index contributed by atoms with van der Waals surface area (Å²) >= 11 is 1.66. The van der Waals surface area contributed by atoms with Gasteiger partial charge in [0.25, 0.3) is 0 Å². The van der Waals surface area contributed by atoms with Gasteiger partial charge in [-0.1, -0.05) is 86.0 Å². The van der Waals surface area contributed by atoms with Crippen molar-refractivity contribution in [2.24, 2.45) is 5.73 Å². The first kappa shape index (κ1) is 39.0. The van der Waals surface area contributed by atoms with Crippen molar-refractivity contribution in [2.45, 2.75) is 38.7 Å². The average molecular weight is 688 g/mol. The molecule has 0 bridgehead atoms. The van der Waals surface area contributed by atoms with Gasteiger partial charge in [0.2, 0.25) is 0 Å². The Morgan fingerprint density at radius 2 is 1.59 bits per heavy atom. The second kappa shape index (κ2) is 18.3. The fraction of sp³-hybridized carbons (Fsp3) is 0.275. The molecule has 1 aromatic heterocycles. The van der Waals surface area contributed by atoms with E-state index in [4.69, 9.17) is 5.73 Å². The molecule has 49 heavy (non-hydrogen) atoms. The van der Waals surface area contributed by atoms with E-state index in [9.17, 15) is 13.2 Å². The van der Waals surface area contributed by atoms with Gasteiger partial charge in [-0.25, -0.2) is 0 Å². The summed E-state index contributed by atoms with van der Waals surface area (Å²) in [6.07, 6.45) is 4.02. The zero-order chi connectivity index (χ0) is 36.1. The summed E-state index contributed by atoms with van der Waals surface area (Å²) in [5.41, 5.74) is 13.8. The third-order valence-electron chi connectivity index (χ3n) is 7.69. The molecule has 0 aliphatic carbocycles.